The van der Waals surface area contributed by atoms with Gasteiger partial charge < -0.3 is 0 Å². The number of para-hydroxylation sites is 2. The molecule has 3 aromatic rings. The average molecular weight is 364 g/mol. The third-order valence-electron chi connectivity index (χ3n) is 4.60. The molecule has 0 saturated heterocycles. The molecule has 1 aliphatic carbocycles. The number of rotatable bonds is 5. The van der Waals surface area contributed by atoms with Gasteiger partial charge in [-0.15, -0.1) is 5.10 Å². The van der Waals surface area contributed by atoms with Gasteiger partial charge in [-0.2, -0.15) is 8.78 Å². The number of thioether (sulfide) groups is 1. The molecular formula is C16H18F2N6S. The zero-order valence-corrected chi connectivity index (χ0v) is 14.5. The van der Waals surface area contributed by atoms with E-state index in [1.165, 1.54) is 24.6 Å². The number of benzene rings is 1. The van der Waals surface area contributed by atoms with Crippen LogP contribution in [0.1, 0.15) is 56.3 Å². The smallest absolute Gasteiger partial charge is 0.269 e. The van der Waals surface area contributed by atoms with E-state index in [1.807, 2.05) is 11.6 Å². The first kappa shape index (κ1) is 16.4. The van der Waals surface area contributed by atoms with Crippen molar-refractivity contribution in [2.75, 3.05) is 0 Å². The standard InChI is InChI=1S/C16H18F2N6S/c1-10(25-16-20-21-22-24(16)11-6-2-3-7-11)14-19-12-8-4-5-9-13(12)23(14)15(17)18/h4-5,8-11,15H,2-3,6-7H2,1H3/t10-/m1/s1. The molecule has 1 saturated carbocycles. The van der Waals surface area contributed by atoms with Crippen LogP contribution in [0, 0.1) is 0 Å². The Morgan fingerprint density at radius 3 is 2.72 bits per heavy atom. The van der Waals surface area contributed by atoms with Crippen LogP contribution in [0.5, 0.6) is 0 Å². The Morgan fingerprint density at radius 1 is 1.20 bits per heavy atom. The number of tetrazole rings is 1. The van der Waals surface area contributed by atoms with Crippen molar-refractivity contribution >= 4 is 22.8 Å². The van der Waals surface area contributed by atoms with Gasteiger partial charge in [-0.1, -0.05) is 36.7 Å². The van der Waals surface area contributed by atoms with Crippen LogP contribution in [0.25, 0.3) is 11.0 Å². The summed E-state index contributed by atoms with van der Waals surface area (Å²) >= 11 is 1.37. The maximum atomic E-state index is 13.6. The predicted octanol–water partition coefficient (Wildman–Crippen LogP) is 4.39. The van der Waals surface area contributed by atoms with E-state index in [1.54, 1.807) is 24.3 Å². The summed E-state index contributed by atoms with van der Waals surface area (Å²) in [4.78, 5) is 4.43. The second-order valence-corrected chi connectivity index (χ2v) is 7.52. The zero-order valence-electron chi connectivity index (χ0n) is 13.7. The minimum atomic E-state index is -2.64. The van der Waals surface area contributed by atoms with E-state index in [0.29, 0.717) is 28.1 Å². The molecule has 0 spiro atoms. The normalized spacial score (nSPS) is 17.0. The summed E-state index contributed by atoms with van der Waals surface area (Å²) in [5.74, 6) is 0.335. The fourth-order valence-corrected chi connectivity index (χ4v) is 4.37. The van der Waals surface area contributed by atoms with Crippen molar-refractivity contribution in [1.82, 2.24) is 29.8 Å². The van der Waals surface area contributed by atoms with E-state index in [2.05, 4.69) is 20.5 Å². The van der Waals surface area contributed by atoms with Crippen LogP contribution in [0.2, 0.25) is 0 Å². The highest BCUT2D eigenvalue weighted by Crippen LogP contribution is 2.39. The van der Waals surface area contributed by atoms with E-state index in [-0.39, 0.29) is 5.25 Å². The monoisotopic (exact) mass is 364 g/mol. The summed E-state index contributed by atoms with van der Waals surface area (Å²) in [5, 5.41) is 12.3. The minimum absolute atomic E-state index is 0.299. The van der Waals surface area contributed by atoms with Crippen LogP contribution in [0.15, 0.2) is 29.4 Å². The largest absolute Gasteiger partial charge is 0.320 e. The number of alkyl halides is 2. The molecule has 132 valence electrons. The van der Waals surface area contributed by atoms with E-state index >= 15 is 0 Å². The molecule has 0 unspecified atom stereocenters. The molecule has 0 aliphatic heterocycles. The van der Waals surface area contributed by atoms with Crippen LogP contribution in [0.4, 0.5) is 8.78 Å². The van der Waals surface area contributed by atoms with Crippen LogP contribution < -0.4 is 0 Å². The van der Waals surface area contributed by atoms with Gasteiger partial charge in [0.2, 0.25) is 5.16 Å². The molecule has 6 nitrogen and oxygen atoms in total. The summed E-state index contributed by atoms with van der Waals surface area (Å²) in [7, 11) is 0. The molecule has 2 heterocycles. The lowest BCUT2D eigenvalue weighted by molar-refractivity contribution is 0.0715. The second-order valence-electron chi connectivity index (χ2n) is 6.21. The van der Waals surface area contributed by atoms with Crippen molar-refractivity contribution in [3.8, 4) is 0 Å². The number of hydrogen-bond acceptors (Lipinski definition) is 5. The van der Waals surface area contributed by atoms with Gasteiger partial charge in [-0.3, -0.25) is 4.57 Å². The fraction of sp³-hybridized carbons (Fsp3) is 0.500. The molecule has 4 rings (SSSR count). The van der Waals surface area contributed by atoms with Gasteiger partial charge in [0.25, 0.3) is 0 Å². The van der Waals surface area contributed by atoms with Gasteiger partial charge in [-0.25, -0.2) is 9.67 Å². The van der Waals surface area contributed by atoms with Crippen molar-refractivity contribution in [1.29, 1.82) is 0 Å². The van der Waals surface area contributed by atoms with Crippen LogP contribution in [-0.2, 0) is 0 Å². The first-order valence-corrected chi connectivity index (χ1v) is 9.22. The molecule has 1 aromatic carbocycles. The lowest BCUT2D eigenvalue weighted by atomic mass is 10.3. The number of nitrogens with zero attached hydrogens (tertiary/aromatic N) is 6. The summed E-state index contributed by atoms with van der Waals surface area (Å²) in [6.45, 7) is -0.783. The maximum Gasteiger partial charge on any atom is 0.320 e. The number of aromatic nitrogens is 6. The molecule has 0 bridgehead atoms. The Labute approximate surface area is 147 Å². The van der Waals surface area contributed by atoms with E-state index in [9.17, 15) is 8.78 Å². The van der Waals surface area contributed by atoms with Crippen molar-refractivity contribution < 1.29 is 8.78 Å². The molecule has 1 fully saturated rings. The van der Waals surface area contributed by atoms with Crippen LogP contribution in [-0.4, -0.2) is 29.8 Å². The number of hydrogen-bond donors (Lipinski definition) is 0. The minimum Gasteiger partial charge on any atom is -0.269 e. The molecule has 0 radical (unpaired) electrons. The van der Waals surface area contributed by atoms with Gasteiger partial charge in [0.15, 0.2) is 0 Å². The average Bonchev–Trinajstić information content (AvgIpc) is 3.32. The highest BCUT2D eigenvalue weighted by Gasteiger charge is 2.26. The van der Waals surface area contributed by atoms with Crippen molar-refractivity contribution in [3.05, 3.63) is 30.1 Å². The second kappa shape index (κ2) is 6.70. The molecule has 9 heteroatoms. The van der Waals surface area contributed by atoms with Gasteiger partial charge in [0.1, 0.15) is 5.82 Å². The van der Waals surface area contributed by atoms with Gasteiger partial charge in [0, 0.05) is 0 Å². The summed E-state index contributed by atoms with van der Waals surface area (Å²) in [6, 6.07) is 7.26. The van der Waals surface area contributed by atoms with E-state index in [0.717, 1.165) is 17.4 Å². The van der Waals surface area contributed by atoms with Gasteiger partial charge in [0.05, 0.1) is 22.3 Å². The Morgan fingerprint density at radius 2 is 1.96 bits per heavy atom. The van der Waals surface area contributed by atoms with Gasteiger partial charge >= 0.3 is 6.55 Å². The molecule has 0 amide bonds. The molecule has 25 heavy (non-hydrogen) atoms. The third-order valence-corrected chi connectivity index (χ3v) is 5.64. The molecular weight excluding hydrogens is 346 g/mol. The molecule has 0 N–H and O–H groups in total. The molecule has 1 aliphatic rings. The van der Waals surface area contributed by atoms with Gasteiger partial charge in [-0.05, 0) is 42.3 Å². The first-order valence-electron chi connectivity index (χ1n) is 8.34. The fourth-order valence-electron chi connectivity index (χ4n) is 3.41. The summed E-state index contributed by atoms with van der Waals surface area (Å²) in [5.41, 5.74) is 1.01. The van der Waals surface area contributed by atoms with Crippen LogP contribution in [0.3, 0.4) is 0 Å². The first-order chi connectivity index (χ1) is 12.1. The van der Waals surface area contributed by atoms with Crippen molar-refractivity contribution in [2.45, 2.75) is 55.6 Å². The molecule has 1 atom stereocenters. The van der Waals surface area contributed by atoms with Crippen molar-refractivity contribution in [2.24, 2.45) is 0 Å². The summed E-state index contributed by atoms with van der Waals surface area (Å²) < 4.78 is 30.1. The predicted molar refractivity (Wildman–Crippen MR) is 90.6 cm³/mol. The number of halogens is 2. The zero-order chi connectivity index (χ0) is 17.4. The lowest BCUT2D eigenvalue weighted by Crippen LogP contribution is -2.10. The maximum absolute atomic E-state index is 13.6. The Balaban J connectivity index is 1.66. The number of fused-ring (bicyclic) bond motifs is 1. The highest BCUT2D eigenvalue weighted by atomic mass is 32.2. The quantitative estimate of drug-likeness (QED) is 0.629. The van der Waals surface area contributed by atoms with Crippen LogP contribution >= 0.6 is 11.8 Å². The topological polar surface area (TPSA) is 61.4 Å². The molecule has 2 aromatic heterocycles. The summed E-state index contributed by atoms with van der Waals surface area (Å²) in [6.07, 6.45) is 4.46. The number of imidazole rings is 1. The Hall–Kier alpha value is -2.03. The Bertz CT molecular complexity index is 871. The third kappa shape index (κ3) is 3.01. The SMILES string of the molecule is C[C@@H](Sc1nnnn1C1CCCC1)c1nc2ccccc2n1C(F)F. The lowest BCUT2D eigenvalue weighted by Gasteiger charge is -2.15. The Kier molecular flexibility index (Phi) is 4.41. The van der Waals surface area contributed by atoms with E-state index in [4.69, 9.17) is 0 Å². The van der Waals surface area contributed by atoms with Crippen molar-refractivity contribution in [3.63, 3.8) is 0 Å². The van der Waals surface area contributed by atoms with E-state index < -0.39 is 6.55 Å². The highest BCUT2D eigenvalue weighted by molar-refractivity contribution is 7.99.